The van der Waals surface area contributed by atoms with Crippen molar-refractivity contribution in [3.8, 4) is 0 Å². The lowest BCUT2D eigenvalue weighted by Crippen LogP contribution is -2.48. The molecular weight excluding hydrogens is 250 g/mol. The molecule has 0 aromatic carbocycles. The first kappa shape index (κ1) is 17.9. The van der Waals surface area contributed by atoms with Crippen LogP contribution in [-0.4, -0.2) is 38.0 Å². The molecule has 3 heteroatoms. The van der Waals surface area contributed by atoms with Gasteiger partial charge in [-0.15, -0.1) is 0 Å². The molecule has 20 heavy (non-hydrogen) atoms. The molecule has 0 aromatic rings. The van der Waals surface area contributed by atoms with E-state index in [0.29, 0.717) is 6.61 Å². The number of hydrogen-bond donors (Lipinski definition) is 1. The highest BCUT2D eigenvalue weighted by Crippen LogP contribution is 2.37. The molecule has 1 unspecified atom stereocenters. The molecule has 1 saturated carbocycles. The van der Waals surface area contributed by atoms with E-state index in [1.54, 1.807) is 0 Å². The zero-order valence-electron chi connectivity index (χ0n) is 14.0. The van der Waals surface area contributed by atoms with Gasteiger partial charge in [0.15, 0.2) is 0 Å². The molecule has 120 valence electrons. The van der Waals surface area contributed by atoms with Crippen molar-refractivity contribution in [1.29, 1.82) is 0 Å². The Balaban J connectivity index is 2.50. The number of nitrogens with one attached hydrogen (secondary N) is 1. The van der Waals surface area contributed by atoms with E-state index in [0.717, 1.165) is 25.6 Å². The SMILES string of the molecule is CCCC1CCC(CNCC)(OC(C)COCC)CC1. The molecule has 0 aromatic heterocycles. The Bertz CT molecular complexity index is 237. The topological polar surface area (TPSA) is 30.5 Å². The van der Waals surface area contributed by atoms with Crippen molar-refractivity contribution >= 4 is 0 Å². The first-order chi connectivity index (χ1) is 9.65. The summed E-state index contributed by atoms with van der Waals surface area (Å²) in [7, 11) is 0. The maximum absolute atomic E-state index is 6.42. The van der Waals surface area contributed by atoms with Crippen LogP contribution in [0.15, 0.2) is 0 Å². The summed E-state index contributed by atoms with van der Waals surface area (Å²) in [6.07, 6.45) is 7.91. The van der Waals surface area contributed by atoms with Crippen molar-refractivity contribution < 1.29 is 9.47 Å². The minimum atomic E-state index is 0.0385. The Morgan fingerprint density at radius 2 is 1.90 bits per heavy atom. The monoisotopic (exact) mass is 285 g/mol. The van der Waals surface area contributed by atoms with Gasteiger partial charge in [0.1, 0.15) is 0 Å². The van der Waals surface area contributed by atoms with Crippen molar-refractivity contribution in [3.63, 3.8) is 0 Å². The maximum atomic E-state index is 6.42. The van der Waals surface area contributed by atoms with Crippen molar-refractivity contribution in [1.82, 2.24) is 5.32 Å². The van der Waals surface area contributed by atoms with E-state index < -0.39 is 0 Å². The van der Waals surface area contributed by atoms with Crippen LogP contribution < -0.4 is 5.32 Å². The van der Waals surface area contributed by atoms with Crippen LogP contribution in [0.2, 0.25) is 0 Å². The van der Waals surface area contributed by atoms with E-state index in [2.05, 4.69) is 26.1 Å². The molecule has 0 heterocycles. The molecule has 1 atom stereocenters. The average molecular weight is 285 g/mol. The molecule has 0 amide bonds. The van der Waals surface area contributed by atoms with Gasteiger partial charge in [0.25, 0.3) is 0 Å². The Morgan fingerprint density at radius 1 is 1.20 bits per heavy atom. The Morgan fingerprint density at radius 3 is 2.45 bits per heavy atom. The van der Waals surface area contributed by atoms with Gasteiger partial charge >= 0.3 is 0 Å². The number of likely N-dealkylation sites (N-methyl/N-ethyl adjacent to an activating group) is 1. The van der Waals surface area contributed by atoms with E-state index >= 15 is 0 Å². The van der Waals surface area contributed by atoms with Gasteiger partial charge in [-0.3, -0.25) is 0 Å². The van der Waals surface area contributed by atoms with Crippen LogP contribution in [0.5, 0.6) is 0 Å². The molecule has 1 aliphatic carbocycles. The van der Waals surface area contributed by atoms with E-state index in [1.165, 1.54) is 38.5 Å². The molecule has 1 aliphatic rings. The standard InChI is InChI=1S/C17H35NO2/c1-5-8-16-9-11-17(12-10-16,14-18-6-2)20-15(4)13-19-7-3/h15-16,18H,5-14H2,1-4H3. The van der Waals surface area contributed by atoms with Gasteiger partial charge in [-0.2, -0.15) is 0 Å². The van der Waals surface area contributed by atoms with Crippen LogP contribution in [0.25, 0.3) is 0 Å². The summed E-state index contributed by atoms with van der Waals surface area (Å²) in [4.78, 5) is 0. The van der Waals surface area contributed by atoms with E-state index in [4.69, 9.17) is 9.47 Å². The van der Waals surface area contributed by atoms with Crippen molar-refractivity contribution in [2.75, 3.05) is 26.3 Å². The van der Waals surface area contributed by atoms with Crippen molar-refractivity contribution in [2.24, 2.45) is 5.92 Å². The van der Waals surface area contributed by atoms with E-state index in [-0.39, 0.29) is 11.7 Å². The minimum Gasteiger partial charge on any atom is -0.379 e. The molecule has 0 saturated heterocycles. The predicted molar refractivity (Wildman–Crippen MR) is 85.2 cm³/mol. The van der Waals surface area contributed by atoms with Crippen molar-refractivity contribution in [3.05, 3.63) is 0 Å². The van der Waals surface area contributed by atoms with Gasteiger partial charge in [0.2, 0.25) is 0 Å². The lowest BCUT2D eigenvalue weighted by molar-refractivity contribution is -0.131. The number of rotatable bonds is 10. The first-order valence-electron chi connectivity index (χ1n) is 8.62. The highest BCUT2D eigenvalue weighted by atomic mass is 16.5. The molecule has 3 nitrogen and oxygen atoms in total. The molecule has 0 spiro atoms. The van der Waals surface area contributed by atoms with Crippen LogP contribution in [0.3, 0.4) is 0 Å². The molecule has 0 aliphatic heterocycles. The second kappa shape index (κ2) is 9.75. The third-order valence-electron chi connectivity index (χ3n) is 4.42. The fraction of sp³-hybridized carbons (Fsp3) is 1.00. The molecule has 0 bridgehead atoms. The molecular formula is C17H35NO2. The fourth-order valence-corrected chi connectivity index (χ4v) is 3.33. The van der Waals surface area contributed by atoms with Crippen LogP contribution in [-0.2, 0) is 9.47 Å². The summed E-state index contributed by atoms with van der Waals surface area (Å²) in [6, 6.07) is 0. The van der Waals surface area contributed by atoms with Crippen molar-refractivity contribution in [2.45, 2.75) is 77.9 Å². The summed E-state index contributed by atoms with van der Waals surface area (Å²) >= 11 is 0. The fourth-order valence-electron chi connectivity index (χ4n) is 3.33. The van der Waals surface area contributed by atoms with Gasteiger partial charge in [0, 0.05) is 13.2 Å². The van der Waals surface area contributed by atoms with Gasteiger partial charge in [0.05, 0.1) is 18.3 Å². The zero-order chi connectivity index (χ0) is 14.8. The molecule has 1 fully saturated rings. The van der Waals surface area contributed by atoms with E-state index in [9.17, 15) is 0 Å². The van der Waals surface area contributed by atoms with Gasteiger partial charge < -0.3 is 14.8 Å². The predicted octanol–water partition coefficient (Wildman–Crippen LogP) is 3.77. The lowest BCUT2D eigenvalue weighted by atomic mass is 9.77. The van der Waals surface area contributed by atoms with Crippen LogP contribution in [0.4, 0.5) is 0 Å². The maximum Gasteiger partial charge on any atom is 0.0811 e. The number of ether oxygens (including phenoxy) is 2. The molecule has 0 radical (unpaired) electrons. The molecule has 1 N–H and O–H groups in total. The minimum absolute atomic E-state index is 0.0385. The van der Waals surface area contributed by atoms with Gasteiger partial charge in [-0.05, 0) is 52.0 Å². The molecule has 1 rings (SSSR count). The van der Waals surface area contributed by atoms with Crippen LogP contribution in [0.1, 0.15) is 66.2 Å². The third-order valence-corrected chi connectivity index (χ3v) is 4.42. The Kier molecular flexibility index (Phi) is 8.74. The Labute approximate surface area is 125 Å². The summed E-state index contributed by atoms with van der Waals surface area (Å²) in [5.41, 5.74) is 0.0385. The third kappa shape index (κ3) is 6.11. The van der Waals surface area contributed by atoms with Crippen LogP contribution >= 0.6 is 0 Å². The summed E-state index contributed by atoms with van der Waals surface area (Å²) in [5, 5.41) is 3.50. The van der Waals surface area contributed by atoms with Gasteiger partial charge in [-0.25, -0.2) is 0 Å². The summed E-state index contributed by atoms with van der Waals surface area (Å²) in [5.74, 6) is 0.917. The number of hydrogen-bond acceptors (Lipinski definition) is 3. The van der Waals surface area contributed by atoms with Gasteiger partial charge in [-0.1, -0.05) is 26.7 Å². The smallest absolute Gasteiger partial charge is 0.0811 e. The first-order valence-corrected chi connectivity index (χ1v) is 8.62. The highest BCUT2D eigenvalue weighted by Gasteiger charge is 2.36. The highest BCUT2D eigenvalue weighted by molar-refractivity contribution is 4.90. The summed E-state index contributed by atoms with van der Waals surface area (Å²) < 4.78 is 11.9. The summed E-state index contributed by atoms with van der Waals surface area (Å²) in [6.45, 7) is 12.1. The average Bonchev–Trinajstić information content (AvgIpc) is 2.46. The second-order valence-electron chi connectivity index (χ2n) is 6.28. The van der Waals surface area contributed by atoms with Crippen LogP contribution in [0, 0.1) is 5.92 Å². The normalized spacial score (nSPS) is 28.5. The van der Waals surface area contributed by atoms with E-state index in [1.807, 2.05) is 6.92 Å². The quantitative estimate of drug-likeness (QED) is 0.663. The Hall–Kier alpha value is -0.120. The second-order valence-corrected chi connectivity index (χ2v) is 6.28. The lowest BCUT2D eigenvalue weighted by Gasteiger charge is -2.42. The zero-order valence-corrected chi connectivity index (χ0v) is 14.0. The largest absolute Gasteiger partial charge is 0.379 e.